The number of carboxylic acids is 2. The molecule has 8 fully saturated rings. The van der Waals surface area contributed by atoms with Crippen LogP contribution >= 0.6 is 0 Å². The van der Waals surface area contributed by atoms with Gasteiger partial charge in [-0.05, 0) is 61.9 Å². The first-order valence-corrected chi connectivity index (χ1v) is 47.6. The first kappa shape index (κ1) is 113. The fraction of sp³-hybridized carbons (Fsp3) is 0.619. The number of hydrogen-bond acceptors (Lipinski definition) is 46. The van der Waals surface area contributed by atoms with Crippen molar-refractivity contribution < 1.29 is 233 Å². The van der Waals surface area contributed by atoms with Gasteiger partial charge in [0.2, 0.25) is 43.7 Å². The van der Waals surface area contributed by atoms with Gasteiger partial charge >= 0.3 is 11.9 Å². The van der Waals surface area contributed by atoms with Gasteiger partial charge in [-0.25, -0.2) is 26.4 Å². The fourth-order valence-electron chi connectivity index (χ4n) is 17.0. The largest absolute Gasteiger partial charge is 0.479 e. The van der Waals surface area contributed by atoms with E-state index in [-0.39, 0.29) is 45.7 Å². The lowest BCUT2D eigenvalue weighted by Gasteiger charge is -2.50. The highest BCUT2D eigenvalue weighted by atomic mass is 32.2. The van der Waals surface area contributed by atoms with Gasteiger partial charge in [-0.3, -0.25) is 38.2 Å². The van der Waals surface area contributed by atoms with Gasteiger partial charge in [0.1, 0.15) is 164 Å². The highest BCUT2D eigenvalue weighted by molar-refractivity contribution is 7.92. The molecule has 4 aromatic rings. The molecule has 8 aliphatic heterocycles. The second kappa shape index (κ2) is 48.6. The molecule has 8 heterocycles. The summed E-state index contributed by atoms with van der Waals surface area (Å²) in [5.41, 5.74) is -0.231. The van der Waals surface area contributed by atoms with E-state index >= 15 is 0 Å². The molecule has 40 atom stereocenters. The molecule has 0 aromatic heterocycles. The number of carbonyl (C=O) groups excluding carboxylic acids is 6. The monoisotopic (exact) mass is 2070 g/mol. The molecular formula is C84H116N8O48S2. The van der Waals surface area contributed by atoms with E-state index in [1.54, 1.807) is 60.7 Å². The predicted molar refractivity (Wildman–Crippen MR) is 468 cm³/mol. The average molecular weight is 2070 g/mol. The van der Waals surface area contributed by atoms with Gasteiger partial charge in [-0.1, -0.05) is 36.4 Å². The molecule has 792 valence electrons. The zero-order valence-corrected chi connectivity index (χ0v) is 77.7. The van der Waals surface area contributed by atoms with E-state index in [2.05, 4.69) is 41.3 Å². The summed E-state index contributed by atoms with van der Waals surface area (Å²) in [6, 6.07) is 17.4. The van der Waals surface area contributed by atoms with Crippen LogP contribution in [0.3, 0.4) is 0 Å². The molecule has 8 aliphatic rings. The zero-order chi connectivity index (χ0) is 104. The van der Waals surface area contributed by atoms with Crippen LogP contribution in [0.2, 0.25) is 0 Å². The van der Waals surface area contributed by atoms with Crippen molar-refractivity contribution >= 4 is 90.2 Å². The summed E-state index contributed by atoms with van der Waals surface area (Å²) in [6.45, 7) is 2.04. The van der Waals surface area contributed by atoms with E-state index in [0.717, 1.165) is 40.2 Å². The Bertz CT molecular complexity index is 5200. The average Bonchev–Trinajstić information content (AvgIpc) is 0.756. The standard InChI is InChI=1S/2C42H58N4O24S/c1-15-24(43-16(2)49)33(26(51)22(13-47)63-15)66-42-32(57)30(55)35(37(70-42)39(59)60)68-40-25(44-17(3)50)34(27(52)23(14-48)65-40)67-41-31(56)28(53)29(54)36(69-41)38(58)45-18-10-11-20(46-71(4,61)62)21(12-18)64-19-8-6-5-7-9-19;1-15(49)43-25-22(65-23(13-47)28(52)35(25)68-42-33(57)30(54)31(55)37(70-42)39(59)60)12-19-27(51)32(56)41(69-36-26(44-16(2)50)40(61)66-24(14-48)29(36)53)67-34(19)38(58)45-17-9-10-20(46-71(3,62)63)21(11-17)64-18-7-5-4-6-8-18/h5-12,15,22-37,40-42,46-48,51-57H,13-14H2,1-4H3,(H,43,49)(H,44,50)(H,45,58)(H,59,60);4-11,19,22-37,40-42,46-48,51-57,61H,12-14H2,1-3H3,(H,43,49)(H,44,50)(H,45,58)(H,59,60). The lowest BCUT2D eigenvalue weighted by molar-refractivity contribution is -0.366. The van der Waals surface area contributed by atoms with Crippen LogP contribution in [0, 0.1) is 5.92 Å². The predicted octanol–water partition coefficient (Wildman–Crippen LogP) is -11.4. The van der Waals surface area contributed by atoms with Gasteiger partial charge in [0.25, 0.3) is 11.8 Å². The van der Waals surface area contributed by atoms with Crippen molar-refractivity contribution in [2.75, 3.05) is 59.0 Å². The Morgan fingerprint density at radius 3 is 1.12 bits per heavy atom. The molecular weight excluding hydrogens is 1950 g/mol. The number of aliphatic hydroxyl groups excluding tert-OH is 19. The van der Waals surface area contributed by atoms with Gasteiger partial charge in [-0.2, -0.15) is 0 Å². The number of sulfonamides is 2. The van der Waals surface area contributed by atoms with E-state index in [9.17, 15) is 162 Å². The van der Waals surface area contributed by atoms with Gasteiger partial charge in [0.15, 0.2) is 67.6 Å². The topological polar surface area (TPSA) is 864 Å². The maximum atomic E-state index is 14.7. The minimum absolute atomic E-state index is 0.0302. The smallest absolute Gasteiger partial charge is 0.335 e. The highest BCUT2D eigenvalue weighted by Gasteiger charge is 2.61. The highest BCUT2D eigenvalue weighted by Crippen LogP contribution is 2.43. The number of carbonyl (C=O) groups is 8. The van der Waals surface area contributed by atoms with Crippen LogP contribution < -0.4 is 50.8 Å². The molecule has 0 aliphatic carbocycles. The molecule has 0 radical (unpaired) electrons. The van der Waals surface area contributed by atoms with Crippen LogP contribution in [0.4, 0.5) is 22.7 Å². The lowest BCUT2D eigenvalue weighted by Crippen LogP contribution is -2.70. The molecule has 40 unspecified atom stereocenters. The number of aliphatic carboxylic acids is 2. The minimum atomic E-state index is -3.89. The van der Waals surface area contributed by atoms with Gasteiger partial charge in [0.05, 0.1) is 80.7 Å². The quantitative estimate of drug-likeness (QED) is 0.0206. The first-order chi connectivity index (χ1) is 66.8. The summed E-state index contributed by atoms with van der Waals surface area (Å²) in [5, 5.41) is 242. The third kappa shape index (κ3) is 27.4. The molecule has 56 nitrogen and oxygen atoms in total. The number of benzene rings is 4. The number of nitrogens with one attached hydrogen (secondary N) is 8. The molecule has 0 spiro atoms. The molecule has 4 aromatic carbocycles. The molecule has 6 amide bonds. The van der Waals surface area contributed by atoms with Crippen LogP contribution in [0.15, 0.2) is 97.1 Å². The second-order valence-corrected chi connectivity index (χ2v) is 38.0. The number of rotatable bonds is 34. The Morgan fingerprint density at radius 1 is 0.338 bits per heavy atom. The Morgan fingerprint density at radius 2 is 0.683 bits per heavy atom. The van der Waals surface area contributed by atoms with Crippen LogP contribution in [0.1, 0.15) is 41.0 Å². The van der Waals surface area contributed by atoms with E-state index in [1.165, 1.54) is 43.3 Å². The Kier molecular flexibility index (Phi) is 38.6. The van der Waals surface area contributed by atoms with E-state index in [1.807, 2.05) is 0 Å². The van der Waals surface area contributed by atoms with Crippen molar-refractivity contribution in [1.29, 1.82) is 0 Å². The number of aliphatic hydroxyl groups is 19. The summed E-state index contributed by atoms with van der Waals surface area (Å²) < 4.78 is 140. The summed E-state index contributed by atoms with van der Waals surface area (Å²) >= 11 is 0. The molecule has 142 heavy (non-hydrogen) atoms. The van der Waals surface area contributed by atoms with Gasteiger partial charge in [0, 0.05) is 57.1 Å². The van der Waals surface area contributed by atoms with Crippen molar-refractivity contribution in [3.8, 4) is 23.0 Å². The minimum Gasteiger partial charge on any atom is -0.479 e. The van der Waals surface area contributed by atoms with Crippen LogP contribution in [-0.4, -0.2) is 449 Å². The number of carboxylic acid groups (broad SMARTS) is 2. The third-order valence-electron chi connectivity index (χ3n) is 23.8. The van der Waals surface area contributed by atoms with Gasteiger partial charge in [-0.15, -0.1) is 0 Å². The van der Waals surface area contributed by atoms with Crippen molar-refractivity contribution in [3.63, 3.8) is 0 Å². The Balaban J connectivity index is 0.000000271. The fourth-order valence-corrected chi connectivity index (χ4v) is 18.2. The van der Waals surface area contributed by atoms with E-state index < -0.39 is 345 Å². The van der Waals surface area contributed by atoms with Gasteiger partial charge < -0.3 is 210 Å². The number of ether oxygens (including phenoxy) is 15. The number of hydrogen-bond donors (Lipinski definition) is 29. The van der Waals surface area contributed by atoms with Crippen LogP contribution in [0.25, 0.3) is 0 Å². The Labute approximate surface area is 806 Å². The van der Waals surface area contributed by atoms with Crippen molar-refractivity contribution in [3.05, 3.63) is 97.1 Å². The molecule has 29 N–H and O–H groups in total. The lowest BCUT2D eigenvalue weighted by atomic mass is 9.80. The van der Waals surface area contributed by atoms with Crippen LogP contribution in [-0.2, 0) is 120 Å². The van der Waals surface area contributed by atoms with Crippen molar-refractivity contribution in [1.82, 2.24) is 21.3 Å². The number of anilines is 4. The molecule has 12 rings (SSSR count). The van der Waals surface area contributed by atoms with Crippen molar-refractivity contribution in [2.45, 2.75) is 280 Å². The SMILES string of the molecule is CC(=O)NC1C(C)OC(CO)C(O)C1OC1OC(C(=O)O)C(OC2OC(CO)C(O)C(OC3OC(C(=O)Nc4ccc(NS(C)(=O)=O)c(Oc5ccccc5)c4)C(O)C(O)C3O)C2NC(C)=O)C(O)C1O.CC(=O)NC1C(O)OC(CO)C(O)C1OC1OC(C(=O)Nc2ccc(NS(C)(=O)=O)c(Oc3ccccc3)c2)C(CC2OC(CO)C(O)C(OC3OC(C(=O)O)C(O)C(O)C3O)C2NC(C)=O)C(O)C1O. The molecule has 0 saturated carbocycles. The summed E-state index contributed by atoms with van der Waals surface area (Å²) in [4.78, 5) is 103. The number of amides is 6. The van der Waals surface area contributed by atoms with Crippen LogP contribution in [0.5, 0.6) is 23.0 Å². The normalized spacial score (nSPS) is 37.5. The molecule has 8 saturated heterocycles. The number of para-hydroxylation sites is 2. The molecule has 0 bridgehead atoms. The third-order valence-corrected chi connectivity index (χ3v) is 25.0. The summed E-state index contributed by atoms with van der Waals surface area (Å²) in [5.74, 6) is -10.4. The van der Waals surface area contributed by atoms with E-state index in [0.29, 0.717) is 0 Å². The first-order valence-electron chi connectivity index (χ1n) is 43.9. The Hall–Kier alpha value is -9.54. The maximum Gasteiger partial charge on any atom is 0.335 e. The summed E-state index contributed by atoms with van der Waals surface area (Å²) in [7, 11) is -7.72. The van der Waals surface area contributed by atoms with E-state index in [4.69, 9.17) is 71.1 Å². The van der Waals surface area contributed by atoms with Crippen molar-refractivity contribution in [2.24, 2.45) is 5.92 Å². The second-order valence-electron chi connectivity index (χ2n) is 34.5. The summed E-state index contributed by atoms with van der Waals surface area (Å²) in [6.07, 6.45) is -67.5. The maximum absolute atomic E-state index is 14.7. The molecule has 58 heteroatoms. The zero-order valence-electron chi connectivity index (χ0n) is 76.1.